The third-order valence-electron chi connectivity index (χ3n) is 8.46. The Bertz CT molecular complexity index is 1570. The van der Waals surface area contributed by atoms with Crippen LogP contribution in [0.4, 0.5) is 5.69 Å². The molecule has 4 rings (SSSR count). The Morgan fingerprint density at radius 2 is 1.52 bits per heavy atom. The third kappa shape index (κ3) is 7.76. The number of halogens is 2. The molecule has 236 valence electrons. The summed E-state index contributed by atoms with van der Waals surface area (Å²) >= 11 is 13.1. The molecule has 3 aromatic rings. The highest BCUT2D eigenvalue weighted by Crippen LogP contribution is 2.31. The van der Waals surface area contributed by atoms with Crippen molar-refractivity contribution in [2.45, 2.75) is 89.7 Å². The molecule has 1 aliphatic carbocycles. The van der Waals surface area contributed by atoms with Gasteiger partial charge in [-0.3, -0.25) is 13.9 Å². The minimum absolute atomic E-state index is 0.0412. The molecule has 44 heavy (non-hydrogen) atoms. The fourth-order valence-corrected chi connectivity index (χ4v) is 7.66. The van der Waals surface area contributed by atoms with Crippen LogP contribution in [-0.4, -0.2) is 43.8 Å². The normalized spacial score (nSPS) is 14.6. The van der Waals surface area contributed by atoms with Crippen molar-refractivity contribution < 1.29 is 18.0 Å². The first-order valence-corrected chi connectivity index (χ1v) is 17.3. The van der Waals surface area contributed by atoms with Crippen LogP contribution in [0, 0.1) is 20.8 Å². The van der Waals surface area contributed by atoms with Crippen LogP contribution in [0.15, 0.2) is 65.6 Å². The minimum atomic E-state index is -4.17. The number of nitrogens with zero attached hydrogens (tertiary/aromatic N) is 2. The van der Waals surface area contributed by atoms with Gasteiger partial charge in [0, 0.05) is 28.2 Å². The molecule has 0 aromatic heterocycles. The summed E-state index contributed by atoms with van der Waals surface area (Å²) in [6.45, 7) is 6.87. The molecule has 0 aliphatic heterocycles. The minimum Gasteiger partial charge on any atom is -0.352 e. The fourth-order valence-electron chi connectivity index (χ4n) is 5.67. The summed E-state index contributed by atoms with van der Waals surface area (Å²) < 4.78 is 29.6. The molecule has 1 N–H and O–H groups in total. The van der Waals surface area contributed by atoms with Gasteiger partial charge in [0.2, 0.25) is 11.8 Å². The van der Waals surface area contributed by atoms with Crippen LogP contribution < -0.4 is 9.62 Å². The van der Waals surface area contributed by atoms with Crippen molar-refractivity contribution in [3.8, 4) is 0 Å². The van der Waals surface area contributed by atoms with Gasteiger partial charge in [0.1, 0.15) is 12.6 Å². The van der Waals surface area contributed by atoms with Crippen LogP contribution in [0.2, 0.25) is 10.0 Å². The van der Waals surface area contributed by atoms with Crippen molar-refractivity contribution in [3.05, 3.63) is 93.0 Å². The van der Waals surface area contributed by atoms with E-state index in [1.165, 1.54) is 4.90 Å². The summed E-state index contributed by atoms with van der Waals surface area (Å²) in [5.74, 6) is -0.807. The Morgan fingerprint density at radius 3 is 2.14 bits per heavy atom. The number of hydrogen-bond acceptors (Lipinski definition) is 4. The molecule has 0 bridgehead atoms. The second-order valence-corrected chi connectivity index (χ2v) is 14.2. The summed E-state index contributed by atoms with van der Waals surface area (Å²) in [5, 5.41) is 3.87. The molecule has 3 aromatic carbocycles. The molecule has 0 heterocycles. The van der Waals surface area contributed by atoms with Crippen molar-refractivity contribution in [2.75, 3.05) is 10.8 Å². The Kier molecular flexibility index (Phi) is 11.4. The average molecular weight is 659 g/mol. The van der Waals surface area contributed by atoms with E-state index in [4.69, 9.17) is 23.2 Å². The smallest absolute Gasteiger partial charge is 0.264 e. The Balaban J connectivity index is 1.77. The maximum Gasteiger partial charge on any atom is 0.264 e. The zero-order valence-electron chi connectivity index (χ0n) is 25.8. The number of aryl methyl sites for hydroxylation is 2. The van der Waals surface area contributed by atoms with Gasteiger partial charge in [0.05, 0.1) is 10.6 Å². The molecule has 7 nitrogen and oxygen atoms in total. The molecule has 0 saturated heterocycles. The SMILES string of the molecule is CCC(C(=O)NC1CCCCC1)N(Cc1c(Cl)cccc1Cl)C(=O)CN(c1cccc(C)c1C)S(=O)(=O)c1ccc(C)cc1. The average Bonchev–Trinajstić information content (AvgIpc) is 2.99. The number of rotatable bonds is 11. The predicted octanol–water partition coefficient (Wildman–Crippen LogP) is 7.37. The van der Waals surface area contributed by atoms with Crippen molar-refractivity contribution in [2.24, 2.45) is 0 Å². The first-order valence-electron chi connectivity index (χ1n) is 15.1. The Hall–Kier alpha value is -3.07. The zero-order chi connectivity index (χ0) is 32.0. The van der Waals surface area contributed by atoms with Gasteiger partial charge >= 0.3 is 0 Å². The molecule has 0 radical (unpaired) electrons. The number of nitrogens with one attached hydrogen (secondary N) is 1. The highest BCUT2D eigenvalue weighted by molar-refractivity contribution is 7.92. The molecule has 0 spiro atoms. The van der Waals surface area contributed by atoms with Crippen LogP contribution in [0.5, 0.6) is 0 Å². The van der Waals surface area contributed by atoms with Crippen LogP contribution in [0.25, 0.3) is 0 Å². The fraction of sp³-hybridized carbons (Fsp3) is 0.412. The maximum atomic E-state index is 14.4. The van der Waals surface area contributed by atoms with Gasteiger partial charge < -0.3 is 10.2 Å². The molecular weight excluding hydrogens is 617 g/mol. The van der Waals surface area contributed by atoms with E-state index in [0.717, 1.165) is 53.1 Å². The molecule has 10 heteroatoms. The predicted molar refractivity (Wildman–Crippen MR) is 178 cm³/mol. The van der Waals surface area contributed by atoms with E-state index < -0.39 is 28.5 Å². The summed E-state index contributed by atoms with van der Waals surface area (Å²) in [4.78, 5) is 29.7. The topological polar surface area (TPSA) is 86.8 Å². The molecule has 1 atom stereocenters. The van der Waals surface area contributed by atoms with Crippen LogP contribution in [0.1, 0.15) is 67.7 Å². The number of hydrogen-bond donors (Lipinski definition) is 1. The molecule has 2 amide bonds. The van der Waals surface area contributed by atoms with Crippen LogP contribution in [0.3, 0.4) is 0 Å². The van der Waals surface area contributed by atoms with E-state index in [0.29, 0.717) is 27.7 Å². The quantitative estimate of drug-likeness (QED) is 0.233. The number of anilines is 1. The summed E-state index contributed by atoms with van der Waals surface area (Å²) in [6, 6.07) is 16.2. The molecule has 1 fully saturated rings. The highest BCUT2D eigenvalue weighted by atomic mass is 35.5. The Labute approximate surface area is 271 Å². The largest absolute Gasteiger partial charge is 0.352 e. The lowest BCUT2D eigenvalue weighted by Crippen LogP contribution is -2.54. The van der Waals surface area contributed by atoms with Crippen molar-refractivity contribution in [1.82, 2.24) is 10.2 Å². The number of carbonyl (C=O) groups excluding carboxylic acids is 2. The summed E-state index contributed by atoms with van der Waals surface area (Å²) in [5.41, 5.74) is 3.42. The number of benzene rings is 3. The van der Waals surface area contributed by atoms with Gasteiger partial charge in [-0.15, -0.1) is 0 Å². The highest BCUT2D eigenvalue weighted by Gasteiger charge is 2.35. The summed E-state index contributed by atoms with van der Waals surface area (Å²) in [6.07, 6.45) is 5.33. The van der Waals surface area contributed by atoms with Crippen molar-refractivity contribution >= 4 is 50.7 Å². The lowest BCUT2D eigenvalue weighted by molar-refractivity contribution is -0.140. The van der Waals surface area contributed by atoms with Crippen molar-refractivity contribution in [3.63, 3.8) is 0 Å². The van der Waals surface area contributed by atoms with Crippen LogP contribution >= 0.6 is 23.2 Å². The zero-order valence-corrected chi connectivity index (χ0v) is 28.1. The second kappa shape index (κ2) is 14.8. The molecule has 1 saturated carbocycles. The summed E-state index contributed by atoms with van der Waals surface area (Å²) in [7, 11) is -4.17. The second-order valence-electron chi connectivity index (χ2n) is 11.5. The van der Waals surface area contributed by atoms with E-state index in [1.807, 2.05) is 33.8 Å². The standard InChI is InChI=1S/C34H41Cl2N3O4S/c1-5-31(34(41)37-26-12-7-6-8-13-26)38(21-28-29(35)14-10-15-30(28)36)33(40)22-39(32-16-9-11-24(3)25(32)4)44(42,43)27-19-17-23(2)18-20-27/h9-11,14-20,26,31H,5-8,12-13,21-22H2,1-4H3,(H,37,41). The third-order valence-corrected chi connectivity index (χ3v) is 10.9. The van der Waals surface area contributed by atoms with E-state index >= 15 is 0 Å². The van der Waals surface area contributed by atoms with Gasteiger partial charge in [-0.2, -0.15) is 0 Å². The van der Waals surface area contributed by atoms with Crippen LogP contribution in [-0.2, 0) is 26.2 Å². The number of amides is 2. The van der Waals surface area contributed by atoms with Gasteiger partial charge in [0.15, 0.2) is 0 Å². The van der Waals surface area contributed by atoms with E-state index in [9.17, 15) is 18.0 Å². The first kappa shape index (κ1) is 33.8. The number of carbonyl (C=O) groups is 2. The van der Waals surface area contributed by atoms with E-state index in [-0.39, 0.29) is 23.4 Å². The molecule has 1 aliphatic rings. The monoisotopic (exact) mass is 657 g/mol. The van der Waals surface area contributed by atoms with E-state index in [2.05, 4.69) is 5.32 Å². The van der Waals surface area contributed by atoms with Gasteiger partial charge in [-0.1, -0.05) is 85.3 Å². The first-order chi connectivity index (χ1) is 20.9. The van der Waals surface area contributed by atoms with E-state index in [1.54, 1.807) is 54.6 Å². The number of sulfonamides is 1. The van der Waals surface area contributed by atoms with Crippen molar-refractivity contribution in [1.29, 1.82) is 0 Å². The molecular formula is C34H41Cl2N3O4S. The molecule has 1 unspecified atom stereocenters. The maximum absolute atomic E-state index is 14.4. The lowest BCUT2D eigenvalue weighted by atomic mass is 9.95. The Morgan fingerprint density at radius 1 is 0.909 bits per heavy atom. The van der Waals surface area contributed by atoms with Gasteiger partial charge in [-0.05, 0) is 81.5 Å². The van der Waals surface area contributed by atoms with Gasteiger partial charge in [-0.25, -0.2) is 8.42 Å². The lowest BCUT2D eigenvalue weighted by Gasteiger charge is -2.35. The van der Waals surface area contributed by atoms with Gasteiger partial charge in [0.25, 0.3) is 10.0 Å².